The van der Waals surface area contributed by atoms with Crippen LogP contribution in [0.25, 0.3) is 10.9 Å². The summed E-state index contributed by atoms with van der Waals surface area (Å²) in [5.41, 5.74) is 6.39. The molecule has 0 atom stereocenters. The second-order valence-corrected chi connectivity index (χ2v) is 3.68. The van der Waals surface area contributed by atoms with Crippen molar-refractivity contribution >= 4 is 10.9 Å². The molecule has 2 aromatic rings. The van der Waals surface area contributed by atoms with Gasteiger partial charge in [-0.1, -0.05) is 0 Å². The highest BCUT2D eigenvalue weighted by Gasteiger charge is 2.04. The zero-order valence-electron chi connectivity index (χ0n) is 9.42. The van der Waals surface area contributed by atoms with Crippen LogP contribution in [-0.2, 0) is 6.42 Å². The molecule has 0 aliphatic carbocycles. The van der Waals surface area contributed by atoms with Gasteiger partial charge in [-0.25, -0.2) is 0 Å². The molecule has 1 aromatic heterocycles. The Bertz CT molecular complexity index is 453. The summed E-state index contributed by atoms with van der Waals surface area (Å²) < 4.78 is 5.22. The van der Waals surface area contributed by atoms with Crippen molar-refractivity contribution in [2.75, 3.05) is 13.7 Å². The molecule has 0 bridgehead atoms. The van der Waals surface area contributed by atoms with Crippen LogP contribution in [0.2, 0.25) is 0 Å². The van der Waals surface area contributed by atoms with Gasteiger partial charge >= 0.3 is 0 Å². The Balaban J connectivity index is 0.00000128. The van der Waals surface area contributed by atoms with Crippen LogP contribution in [0.5, 0.6) is 5.75 Å². The maximum atomic E-state index is 5.22. The molecule has 0 radical (unpaired) electrons. The summed E-state index contributed by atoms with van der Waals surface area (Å²) in [6, 6.07) is 6.12. The molecule has 0 aliphatic heterocycles. The molecule has 0 saturated heterocycles. The maximum absolute atomic E-state index is 5.22. The fraction of sp³-hybridized carbons (Fsp3) is 0.333. The number of hydrogen-bond donors (Lipinski definition) is 2. The number of nitrogens with one attached hydrogen (secondary N) is 1. The quantitative estimate of drug-likeness (QED) is 0.662. The third-order valence-corrected chi connectivity index (χ3v) is 2.67. The lowest BCUT2D eigenvalue weighted by molar-refractivity contribution is -0.368. The van der Waals surface area contributed by atoms with E-state index in [4.69, 9.17) is 4.74 Å². The van der Waals surface area contributed by atoms with Gasteiger partial charge < -0.3 is 27.9 Å². The molecule has 0 spiro atoms. The van der Waals surface area contributed by atoms with Gasteiger partial charge in [0.1, 0.15) is 5.75 Å². The summed E-state index contributed by atoms with van der Waals surface area (Å²) >= 11 is 0. The topological polar surface area (TPSA) is 52.7 Å². The SMILES string of the molecule is COc1ccc2[nH]cc(CCC[NH3+])c2c1.[Cl-]. The van der Waals surface area contributed by atoms with E-state index in [1.165, 1.54) is 16.5 Å². The first-order valence-corrected chi connectivity index (χ1v) is 5.28. The molecular formula is C12H17ClN2O. The van der Waals surface area contributed by atoms with Crippen LogP contribution < -0.4 is 22.9 Å². The molecule has 16 heavy (non-hydrogen) atoms. The number of benzene rings is 1. The number of ether oxygens (including phenoxy) is 1. The second kappa shape index (κ2) is 5.77. The van der Waals surface area contributed by atoms with Crippen LogP contribution in [0.1, 0.15) is 12.0 Å². The summed E-state index contributed by atoms with van der Waals surface area (Å²) in [6.07, 6.45) is 4.29. The standard InChI is InChI=1S/C12H16N2O.ClH/c1-15-10-4-5-12-11(7-10)9(8-14-12)3-2-6-13;/h4-5,7-8,14H,2-3,6,13H2,1H3;1H. The van der Waals surface area contributed by atoms with Crippen LogP contribution >= 0.6 is 0 Å². The molecule has 4 heteroatoms. The Morgan fingerprint density at radius 1 is 1.38 bits per heavy atom. The summed E-state index contributed by atoms with van der Waals surface area (Å²) in [5.74, 6) is 0.915. The Kier molecular flexibility index (Phi) is 4.65. The van der Waals surface area contributed by atoms with E-state index in [1.807, 2.05) is 6.07 Å². The number of aromatic nitrogens is 1. The lowest BCUT2D eigenvalue weighted by atomic mass is 10.1. The average molecular weight is 241 g/mol. The predicted octanol–water partition coefficient (Wildman–Crippen LogP) is -1.64. The van der Waals surface area contributed by atoms with Gasteiger partial charge in [0.2, 0.25) is 0 Å². The fourth-order valence-electron chi connectivity index (χ4n) is 1.81. The number of aryl methyl sites for hydroxylation is 1. The minimum absolute atomic E-state index is 0. The van der Waals surface area contributed by atoms with Crippen molar-refractivity contribution in [1.29, 1.82) is 0 Å². The number of quaternary nitrogens is 1. The number of fused-ring (bicyclic) bond motifs is 1. The summed E-state index contributed by atoms with van der Waals surface area (Å²) in [7, 11) is 1.70. The van der Waals surface area contributed by atoms with E-state index in [9.17, 15) is 0 Å². The highest BCUT2D eigenvalue weighted by molar-refractivity contribution is 5.84. The molecule has 4 N–H and O–H groups in total. The summed E-state index contributed by atoms with van der Waals surface area (Å²) in [5, 5.41) is 1.27. The van der Waals surface area contributed by atoms with Gasteiger partial charge in [-0.05, 0) is 30.2 Å². The molecule has 3 nitrogen and oxygen atoms in total. The highest BCUT2D eigenvalue weighted by atomic mass is 35.5. The fourth-order valence-corrected chi connectivity index (χ4v) is 1.81. The first-order chi connectivity index (χ1) is 7.35. The van der Waals surface area contributed by atoms with E-state index in [0.717, 1.165) is 25.1 Å². The van der Waals surface area contributed by atoms with Crippen molar-refractivity contribution in [3.8, 4) is 5.75 Å². The van der Waals surface area contributed by atoms with Gasteiger partial charge in [0.05, 0.1) is 13.7 Å². The van der Waals surface area contributed by atoms with E-state index in [2.05, 4.69) is 29.0 Å². The Labute approximate surface area is 101 Å². The van der Waals surface area contributed by atoms with Gasteiger partial charge in [-0.15, -0.1) is 0 Å². The van der Waals surface area contributed by atoms with Crippen LogP contribution in [0.4, 0.5) is 0 Å². The summed E-state index contributed by atoms with van der Waals surface area (Å²) in [4.78, 5) is 3.27. The monoisotopic (exact) mass is 240 g/mol. The van der Waals surface area contributed by atoms with Gasteiger partial charge in [0.15, 0.2) is 0 Å². The Morgan fingerprint density at radius 2 is 2.19 bits per heavy atom. The molecule has 88 valence electrons. The minimum atomic E-state index is 0. The van der Waals surface area contributed by atoms with Gasteiger partial charge in [0.25, 0.3) is 0 Å². The van der Waals surface area contributed by atoms with Crippen molar-refractivity contribution in [2.45, 2.75) is 12.8 Å². The lowest BCUT2D eigenvalue weighted by Crippen LogP contribution is -3.00. The third-order valence-electron chi connectivity index (χ3n) is 2.67. The maximum Gasteiger partial charge on any atom is 0.119 e. The molecule has 0 saturated carbocycles. The first-order valence-electron chi connectivity index (χ1n) is 5.28. The minimum Gasteiger partial charge on any atom is -1.00 e. The van der Waals surface area contributed by atoms with Crippen molar-refractivity contribution in [1.82, 2.24) is 4.98 Å². The zero-order valence-corrected chi connectivity index (χ0v) is 10.2. The number of H-pyrrole nitrogens is 1. The first kappa shape index (κ1) is 12.9. The number of hydrogen-bond acceptors (Lipinski definition) is 1. The number of methoxy groups -OCH3 is 1. The van der Waals surface area contributed by atoms with Gasteiger partial charge in [0, 0.05) is 23.5 Å². The molecule has 0 unspecified atom stereocenters. The van der Waals surface area contributed by atoms with E-state index in [1.54, 1.807) is 7.11 Å². The third kappa shape index (κ3) is 2.49. The van der Waals surface area contributed by atoms with Crippen molar-refractivity contribution < 1.29 is 22.9 Å². The Morgan fingerprint density at radius 3 is 2.88 bits per heavy atom. The van der Waals surface area contributed by atoms with Crippen LogP contribution in [0.15, 0.2) is 24.4 Å². The largest absolute Gasteiger partial charge is 1.00 e. The molecule has 0 aliphatic rings. The normalized spacial score (nSPS) is 10.1. The van der Waals surface area contributed by atoms with Crippen LogP contribution in [0, 0.1) is 0 Å². The molecule has 1 aromatic carbocycles. The molecule has 0 amide bonds. The lowest BCUT2D eigenvalue weighted by Gasteiger charge is -2.00. The molecule has 2 rings (SSSR count). The predicted molar refractivity (Wildman–Crippen MR) is 60.9 cm³/mol. The van der Waals surface area contributed by atoms with E-state index < -0.39 is 0 Å². The van der Waals surface area contributed by atoms with Crippen LogP contribution in [0.3, 0.4) is 0 Å². The van der Waals surface area contributed by atoms with Crippen LogP contribution in [-0.4, -0.2) is 18.6 Å². The van der Waals surface area contributed by atoms with Gasteiger partial charge in [-0.3, -0.25) is 0 Å². The van der Waals surface area contributed by atoms with E-state index in [0.29, 0.717) is 0 Å². The second-order valence-electron chi connectivity index (χ2n) is 3.68. The van der Waals surface area contributed by atoms with Crippen molar-refractivity contribution in [3.63, 3.8) is 0 Å². The van der Waals surface area contributed by atoms with E-state index >= 15 is 0 Å². The zero-order chi connectivity index (χ0) is 10.7. The highest BCUT2D eigenvalue weighted by Crippen LogP contribution is 2.24. The van der Waals surface area contributed by atoms with Crippen molar-refractivity contribution in [2.24, 2.45) is 0 Å². The number of aromatic amines is 1. The molecule has 1 heterocycles. The molecule has 0 fully saturated rings. The summed E-state index contributed by atoms with van der Waals surface area (Å²) in [6.45, 7) is 0.983. The molecular weight excluding hydrogens is 224 g/mol. The van der Waals surface area contributed by atoms with Gasteiger partial charge in [-0.2, -0.15) is 0 Å². The number of halogens is 1. The van der Waals surface area contributed by atoms with Crippen molar-refractivity contribution in [3.05, 3.63) is 30.0 Å². The average Bonchev–Trinajstić information content (AvgIpc) is 2.68. The number of rotatable bonds is 4. The van der Waals surface area contributed by atoms with E-state index in [-0.39, 0.29) is 12.4 Å². The smallest absolute Gasteiger partial charge is 0.119 e. The Hall–Kier alpha value is -1.19.